The van der Waals surface area contributed by atoms with Crippen LogP contribution in [0.2, 0.25) is 0 Å². The Kier molecular flexibility index (Phi) is 5.53. The SMILES string of the molecule is CCC(=O)Oc1c(C)cc(COC(=O)C(C)(C)C)cc1C. The molecule has 0 N–H and O–H groups in total. The molecule has 0 unspecified atom stereocenters. The van der Waals surface area contributed by atoms with Gasteiger partial charge in [-0.3, -0.25) is 9.59 Å². The standard InChI is InChI=1S/C17H24O4/c1-7-14(18)21-15-11(2)8-13(9-12(15)3)10-20-16(19)17(4,5)6/h8-9H,7,10H2,1-6H3. The van der Waals surface area contributed by atoms with Crippen molar-refractivity contribution < 1.29 is 19.1 Å². The van der Waals surface area contributed by atoms with Gasteiger partial charge in [-0.2, -0.15) is 0 Å². The molecule has 0 heterocycles. The van der Waals surface area contributed by atoms with Crippen LogP contribution in [0, 0.1) is 19.3 Å². The van der Waals surface area contributed by atoms with Crippen LogP contribution in [-0.4, -0.2) is 11.9 Å². The van der Waals surface area contributed by atoms with Gasteiger partial charge in [-0.15, -0.1) is 0 Å². The van der Waals surface area contributed by atoms with Crippen molar-refractivity contribution in [3.05, 3.63) is 28.8 Å². The second-order valence-electron chi connectivity index (χ2n) is 6.21. The molecule has 0 spiro atoms. The molecule has 4 nitrogen and oxygen atoms in total. The largest absolute Gasteiger partial charge is 0.460 e. The first-order valence-electron chi connectivity index (χ1n) is 7.13. The summed E-state index contributed by atoms with van der Waals surface area (Å²) < 4.78 is 10.6. The Balaban J connectivity index is 2.84. The van der Waals surface area contributed by atoms with E-state index in [4.69, 9.17) is 9.47 Å². The van der Waals surface area contributed by atoms with Gasteiger partial charge in [-0.25, -0.2) is 0 Å². The summed E-state index contributed by atoms with van der Waals surface area (Å²) in [5.41, 5.74) is 2.09. The van der Waals surface area contributed by atoms with Gasteiger partial charge >= 0.3 is 11.9 Å². The number of benzene rings is 1. The summed E-state index contributed by atoms with van der Waals surface area (Å²) in [6.07, 6.45) is 0.337. The summed E-state index contributed by atoms with van der Waals surface area (Å²) in [5, 5.41) is 0. The van der Waals surface area contributed by atoms with Crippen molar-refractivity contribution in [1.29, 1.82) is 0 Å². The van der Waals surface area contributed by atoms with Gasteiger partial charge in [-0.05, 0) is 63.4 Å². The summed E-state index contributed by atoms with van der Waals surface area (Å²) in [7, 11) is 0. The average molecular weight is 292 g/mol. The van der Waals surface area contributed by atoms with Gasteiger partial charge in [0.05, 0.1) is 5.41 Å². The molecule has 1 aromatic rings. The summed E-state index contributed by atoms with van der Waals surface area (Å²) in [5.74, 6) is 0.0974. The van der Waals surface area contributed by atoms with Crippen LogP contribution in [0.4, 0.5) is 0 Å². The number of carbonyl (C=O) groups is 2. The van der Waals surface area contributed by atoms with E-state index in [9.17, 15) is 9.59 Å². The maximum Gasteiger partial charge on any atom is 0.311 e. The van der Waals surface area contributed by atoms with E-state index >= 15 is 0 Å². The van der Waals surface area contributed by atoms with E-state index in [2.05, 4.69) is 0 Å². The van der Waals surface area contributed by atoms with E-state index in [1.54, 1.807) is 6.92 Å². The number of carbonyl (C=O) groups excluding carboxylic acids is 2. The predicted molar refractivity (Wildman–Crippen MR) is 81.1 cm³/mol. The fraction of sp³-hybridized carbons (Fsp3) is 0.529. The fourth-order valence-corrected chi connectivity index (χ4v) is 1.84. The van der Waals surface area contributed by atoms with E-state index in [0.717, 1.165) is 16.7 Å². The summed E-state index contributed by atoms with van der Waals surface area (Å²) in [4.78, 5) is 23.2. The summed E-state index contributed by atoms with van der Waals surface area (Å²) >= 11 is 0. The lowest BCUT2D eigenvalue weighted by atomic mass is 9.97. The molecular weight excluding hydrogens is 268 g/mol. The Bertz CT molecular complexity index is 515. The molecule has 0 amide bonds. The minimum absolute atomic E-state index is 0.222. The first-order valence-corrected chi connectivity index (χ1v) is 7.13. The molecule has 0 aliphatic carbocycles. The van der Waals surface area contributed by atoms with Gasteiger partial charge in [0.15, 0.2) is 0 Å². The Hall–Kier alpha value is -1.84. The van der Waals surface area contributed by atoms with E-state index in [1.165, 1.54) is 0 Å². The first kappa shape index (κ1) is 17.2. The maximum absolute atomic E-state index is 11.8. The monoisotopic (exact) mass is 292 g/mol. The molecular formula is C17H24O4. The van der Waals surface area contributed by atoms with Crippen LogP contribution >= 0.6 is 0 Å². The second kappa shape index (κ2) is 6.74. The van der Waals surface area contributed by atoms with E-state index in [0.29, 0.717) is 12.2 Å². The number of rotatable bonds is 4. The van der Waals surface area contributed by atoms with Crippen molar-refractivity contribution in [1.82, 2.24) is 0 Å². The molecule has 0 fully saturated rings. The molecule has 1 rings (SSSR count). The van der Waals surface area contributed by atoms with Crippen LogP contribution in [0.1, 0.15) is 50.8 Å². The number of ether oxygens (including phenoxy) is 2. The van der Waals surface area contributed by atoms with Crippen LogP contribution in [-0.2, 0) is 20.9 Å². The summed E-state index contributed by atoms with van der Waals surface area (Å²) in [6, 6.07) is 3.75. The Morgan fingerprint density at radius 3 is 2.05 bits per heavy atom. The van der Waals surface area contributed by atoms with Crippen LogP contribution in [0.3, 0.4) is 0 Å². The zero-order valence-electron chi connectivity index (χ0n) is 13.7. The third-order valence-electron chi connectivity index (χ3n) is 3.01. The van der Waals surface area contributed by atoms with Gasteiger partial charge in [0.25, 0.3) is 0 Å². The van der Waals surface area contributed by atoms with Crippen molar-refractivity contribution in [3.8, 4) is 5.75 Å². The molecule has 0 saturated carbocycles. The highest BCUT2D eigenvalue weighted by Crippen LogP contribution is 2.26. The fourth-order valence-electron chi connectivity index (χ4n) is 1.84. The highest BCUT2D eigenvalue weighted by atomic mass is 16.5. The molecule has 4 heteroatoms. The molecule has 0 atom stereocenters. The normalized spacial score (nSPS) is 11.1. The quantitative estimate of drug-likeness (QED) is 0.627. The molecule has 0 radical (unpaired) electrons. The van der Waals surface area contributed by atoms with Crippen LogP contribution in [0.15, 0.2) is 12.1 Å². The van der Waals surface area contributed by atoms with Gasteiger partial charge in [0.1, 0.15) is 12.4 Å². The number of hydrogen-bond donors (Lipinski definition) is 0. The van der Waals surface area contributed by atoms with E-state index < -0.39 is 5.41 Å². The third kappa shape index (κ3) is 4.88. The van der Waals surface area contributed by atoms with E-state index in [1.807, 2.05) is 46.8 Å². The highest BCUT2D eigenvalue weighted by Gasteiger charge is 2.23. The lowest BCUT2D eigenvalue weighted by Crippen LogP contribution is -2.22. The minimum Gasteiger partial charge on any atom is -0.460 e. The Morgan fingerprint density at radius 1 is 1.10 bits per heavy atom. The van der Waals surface area contributed by atoms with Crippen molar-refractivity contribution >= 4 is 11.9 Å². The smallest absolute Gasteiger partial charge is 0.311 e. The van der Waals surface area contributed by atoms with Crippen LogP contribution in [0.5, 0.6) is 5.75 Å². The number of aryl methyl sites for hydroxylation is 2. The molecule has 1 aromatic carbocycles. The van der Waals surface area contributed by atoms with Gasteiger partial charge in [-0.1, -0.05) is 6.92 Å². The predicted octanol–water partition coefficient (Wildman–Crippen LogP) is 3.71. The molecule has 0 aliphatic rings. The molecule has 0 aliphatic heterocycles. The van der Waals surface area contributed by atoms with Crippen molar-refractivity contribution in [2.45, 2.75) is 54.6 Å². The molecule has 0 aromatic heterocycles. The lowest BCUT2D eigenvalue weighted by molar-refractivity contribution is -0.154. The number of esters is 2. The van der Waals surface area contributed by atoms with Crippen molar-refractivity contribution in [2.75, 3.05) is 0 Å². The molecule has 21 heavy (non-hydrogen) atoms. The summed E-state index contributed by atoms with van der Waals surface area (Å²) in [6.45, 7) is 11.2. The van der Waals surface area contributed by atoms with Gasteiger partial charge < -0.3 is 9.47 Å². The molecule has 116 valence electrons. The Morgan fingerprint density at radius 2 is 1.62 bits per heavy atom. The third-order valence-corrected chi connectivity index (χ3v) is 3.01. The first-order chi connectivity index (χ1) is 9.65. The molecule has 0 saturated heterocycles. The van der Waals surface area contributed by atoms with Gasteiger partial charge in [0, 0.05) is 6.42 Å². The van der Waals surface area contributed by atoms with Crippen LogP contribution < -0.4 is 4.74 Å². The lowest BCUT2D eigenvalue weighted by Gasteiger charge is -2.17. The zero-order chi connectivity index (χ0) is 16.2. The second-order valence-corrected chi connectivity index (χ2v) is 6.21. The Labute approximate surface area is 126 Å². The number of hydrogen-bond acceptors (Lipinski definition) is 4. The van der Waals surface area contributed by atoms with Crippen LogP contribution in [0.25, 0.3) is 0 Å². The van der Waals surface area contributed by atoms with Crippen molar-refractivity contribution in [3.63, 3.8) is 0 Å². The zero-order valence-corrected chi connectivity index (χ0v) is 13.7. The van der Waals surface area contributed by atoms with Gasteiger partial charge in [0.2, 0.25) is 0 Å². The average Bonchev–Trinajstić information content (AvgIpc) is 2.38. The highest BCUT2D eigenvalue weighted by molar-refractivity contribution is 5.75. The molecule has 0 bridgehead atoms. The maximum atomic E-state index is 11.8. The minimum atomic E-state index is -0.513. The van der Waals surface area contributed by atoms with Crippen molar-refractivity contribution in [2.24, 2.45) is 5.41 Å². The topological polar surface area (TPSA) is 52.6 Å². The van der Waals surface area contributed by atoms with E-state index in [-0.39, 0.29) is 18.5 Å².